The van der Waals surface area contributed by atoms with Crippen molar-refractivity contribution in [2.24, 2.45) is 4.99 Å². The number of rotatable bonds is 6. The number of amides is 1. The molecule has 31 heavy (non-hydrogen) atoms. The van der Waals surface area contributed by atoms with Gasteiger partial charge in [0.1, 0.15) is 0 Å². The van der Waals surface area contributed by atoms with E-state index in [1.807, 2.05) is 0 Å². The molecular formula is C22H22N2O5S2. The summed E-state index contributed by atoms with van der Waals surface area (Å²) < 4.78 is 38.2. The Morgan fingerprint density at radius 2 is 1.87 bits per heavy atom. The number of carbonyl (C=O) groups is 1. The Morgan fingerprint density at radius 3 is 2.48 bits per heavy atom. The van der Waals surface area contributed by atoms with E-state index >= 15 is 0 Å². The van der Waals surface area contributed by atoms with Crippen LogP contribution in [0.3, 0.4) is 0 Å². The number of aromatic nitrogens is 1. The van der Waals surface area contributed by atoms with E-state index in [9.17, 15) is 13.2 Å². The maximum Gasteiger partial charge on any atom is 0.279 e. The summed E-state index contributed by atoms with van der Waals surface area (Å²) in [6.07, 6.45) is 5.53. The van der Waals surface area contributed by atoms with Gasteiger partial charge in [-0.3, -0.25) is 4.79 Å². The molecule has 0 atom stereocenters. The smallest absolute Gasteiger partial charge is 0.279 e. The summed E-state index contributed by atoms with van der Waals surface area (Å²) in [6.45, 7) is 3.39. The molecule has 0 aliphatic heterocycles. The molecule has 0 aliphatic rings. The first-order valence-corrected chi connectivity index (χ1v) is 11.7. The van der Waals surface area contributed by atoms with E-state index in [2.05, 4.69) is 10.9 Å². The SMILES string of the molecule is C#CCn1c(=NC(=O)c2cccc(S(=O)(=O)C(C)C)c2)sc2cc(OC)c(OC)cc21. The molecule has 3 rings (SSSR count). The first kappa shape index (κ1) is 22.6. The van der Waals surface area contributed by atoms with Gasteiger partial charge in [-0.1, -0.05) is 23.3 Å². The van der Waals surface area contributed by atoms with Gasteiger partial charge < -0.3 is 14.0 Å². The predicted octanol–water partition coefficient (Wildman–Crippen LogP) is 3.28. The highest BCUT2D eigenvalue weighted by Crippen LogP contribution is 2.33. The third-order valence-electron chi connectivity index (χ3n) is 4.66. The van der Waals surface area contributed by atoms with Crippen LogP contribution in [0.2, 0.25) is 0 Å². The molecular weight excluding hydrogens is 436 g/mol. The van der Waals surface area contributed by atoms with Gasteiger partial charge in [-0.2, -0.15) is 4.99 Å². The lowest BCUT2D eigenvalue weighted by Crippen LogP contribution is -2.17. The molecule has 7 nitrogen and oxygen atoms in total. The van der Waals surface area contributed by atoms with Gasteiger partial charge in [0.2, 0.25) is 0 Å². The van der Waals surface area contributed by atoms with Crippen LogP contribution >= 0.6 is 11.3 Å². The zero-order valence-electron chi connectivity index (χ0n) is 17.6. The molecule has 2 aromatic carbocycles. The lowest BCUT2D eigenvalue weighted by molar-refractivity contribution is 0.0997. The molecule has 1 aromatic heterocycles. The molecule has 0 saturated heterocycles. The van der Waals surface area contributed by atoms with Crippen molar-refractivity contribution in [1.29, 1.82) is 0 Å². The Labute approximate surface area is 184 Å². The molecule has 0 fully saturated rings. The van der Waals surface area contributed by atoms with Crippen LogP contribution in [-0.2, 0) is 16.4 Å². The monoisotopic (exact) mass is 458 g/mol. The normalized spacial score (nSPS) is 12.2. The molecule has 0 saturated carbocycles. The number of fused-ring (bicyclic) bond motifs is 1. The minimum atomic E-state index is -3.51. The fourth-order valence-corrected chi connectivity index (χ4v) is 5.10. The molecule has 0 bridgehead atoms. The fourth-order valence-electron chi connectivity index (χ4n) is 2.96. The van der Waals surface area contributed by atoms with Crippen molar-refractivity contribution in [3.63, 3.8) is 0 Å². The van der Waals surface area contributed by atoms with Crippen LogP contribution in [0.4, 0.5) is 0 Å². The molecule has 9 heteroatoms. The average molecular weight is 459 g/mol. The third kappa shape index (κ3) is 4.36. The first-order chi connectivity index (χ1) is 14.7. The van der Waals surface area contributed by atoms with Gasteiger partial charge in [-0.25, -0.2) is 8.42 Å². The highest BCUT2D eigenvalue weighted by molar-refractivity contribution is 7.92. The second kappa shape index (κ2) is 8.96. The van der Waals surface area contributed by atoms with Crippen LogP contribution in [0, 0.1) is 12.3 Å². The fraction of sp³-hybridized carbons (Fsp3) is 0.273. The number of benzene rings is 2. The summed E-state index contributed by atoms with van der Waals surface area (Å²) in [5, 5.41) is -0.597. The standard InChI is InChI=1S/C22H22N2O5S2/c1-6-10-24-17-12-18(28-4)19(29-5)13-20(17)30-22(24)23-21(25)15-8-7-9-16(11-15)31(26,27)14(2)3/h1,7-9,11-14H,10H2,2-5H3. The summed E-state index contributed by atoms with van der Waals surface area (Å²) in [5.74, 6) is 3.09. The summed E-state index contributed by atoms with van der Waals surface area (Å²) in [6, 6.07) is 9.48. The number of ether oxygens (including phenoxy) is 2. The van der Waals surface area contributed by atoms with Crippen molar-refractivity contribution in [2.45, 2.75) is 30.5 Å². The van der Waals surface area contributed by atoms with Crippen LogP contribution in [0.15, 0.2) is 46.3 Å². The molecule has 162 valence electrons. The van der Waals surface area contributed by atoms with E-state index in [1.54, 1.807) is 37.7 Å². The minimum Gasteiger partial charge on any atom is -0.493 e. The Bertz CT molecular complexity index is 1360. The van der Waals surface area contributed by atoms with Crippen molar-refractivity contribution in [3.8, 4) is 23.8 Å². The molecule has 3 aromatic rings. The summed E-state index contributed by atoms with van der Waals surface area (Å²) in [5.41, 5.74) is 0.935. The number of methoxy groups -OCH3 is 2. The van der Waals surface area contributed by atoms with E-state index in [1.165, 1.54) is 42.7 Å². The number of hydrogen-bond donors (Lipinski definition) is 0. The third-order valence-corrected chi connectivity index (χ3v) is 7.86. The summed E-state index contributed by atoms with van der Waals surface area (Å²) in [4.78, 5) is 17.6. The Balaban J connectivity index is 2.15. The molecule has 0 aliphatic carbocycles. The number of sulfone groups is 1. The highest BCUT2D eigenvalue weighted by Gasteiger charge is 2.20. The minimum absolute atomic E-state index is 0.0888. The molecule has 1 amide bonds. The van der Waals surface area contributed by atoms with E-state index in [4.69, 9.17) is 15.9 Å². The number of terminal acetylenes is 1. The predicted molar refractivity (Wildman–Crippen MR) is 120 cm³/mol. The van der Waals surface area contributed by atoms with Gasteiger partial charge in [-0.05, 0) is 32.0 Å². The Kier molecular flexibility index (Phi) is 6.53. The second-order valence-corrected chi connectivity index (χ2v) is 10.4. The van der Waals surface area contributed by atoms with Gasteiger partial charge in [0.05, 0.1) is 41.1 Å². The van der Waals surface area contributed by atoms with Crippen molar-refractivity contribution < 1.29 is 22.7 Å². The van der Waals surface area contributed by atoms with Crippen LogP contribution in [-0.4, -0.2) is 38.4 Å². The van der Waals surface area contributed by atoms with Gasteiger partial charge in [0.25, 0.3) is 5.91 Å². The van der Waals surface area contributed by atoms with E-state index in [0.717, 1.165) is 10.2 Å². The zero-order valence-corrected chi connectivity index (χ0v) is 19.2. The molecule has 0 N–H and O–H groups in total. The highest BCUT2D eigenvalue weighted by atomic mass is 32.2. The van der Waals surface area contributed by atoms with Crippen molar-refractivity contribution in [2.75, 3.05) is 14.2 Å². The lowest BCUT2D eigenvalue weighted by atomic mass is 10.2. The van der Waals surface area contributed by atoms with Crippen molar-refractivity contribution in [1.82, 2.24) is 4.57 Å². The van der Waals surface area contributed by atoms with Gasteiger partial charge in [0.15, 0.2) is 26.1 Å². The number of hydrogen-bond acceptors (Lipinski definition) is 6. The van der Waals surface area contributed by atoms with Crippen molar-refractivity contribution >= 4 is 37.3 Å². The average Bonchev–Trinajstić information content (AvgIpc) is 3.08. The van der Waals surface area contributed by atoms with E-state index in [-0.39, 0.29) is 17.0 Å². The maximum atomic E-state index is 12.9. The van der Waals surface area contributed by atoms with E-state index < -0.39 is 21.0 Å². The summed E-state index contributed by atoms with van der Waals surface area (Å²) >= 11 is 1.28. The van der Waals surface area contributed by atoms with Gasteiger partial charge in [0, 0.05) is 17.7 Å². The molecule has 0 radical (unpaired) electrons. The van der Waals surface area contributed by atoms with Crippen LogP contribution in [0.25, 0.3) is 10.2 Å². The zero-order chi connectivity index (χ0) is 22.8. The Morgan fingerprint density at radius 1 is 1.19 bits per heavy atom. The number of carbonyl (C=O) groups excluding carboxylic acids is 1. The number of thiazole rings is 1. The maximum absolute atomic E-state index is 12.9. The molecule has 1 heterocycles. The van der Waals surface area contributed by atoms with Crippen molar-refractivity contribution in [3.05, 3.63) is 46.8 Å². The second-order valence-electron chi connectivity index (χ2n) is 6.89. The molecule has 0 spiro atoms. The van der Waals surface area contributed by atoms with Gasteiger partial charge in [-0.15, -0.1) is 6.42 Å². The molecule has 0 unspecified atom stereocenters. The quantitative estimate of drug-likeness (QED) is 0.529. The largest absolute Gasteiger partial charge is 0.493 e. The topological polar surface area (TPSA) is 87.0 Å². The van der Waals surface area contributed by atoms with E-state index in [0.29, 0.717) is 16.3 Å². The van der Waals surface area contributed by atoms with Gasteiger partial charge >= 0.3 is 0 Å². The van der Waals surface area contributed by atoms with Crippen LogP contribution in [0.1, 0.15) is 24.2 Å². The number of nitrogens with zero attached hydrogens (tertiary/aromatic N) is 2. The Hall–Kier alpha value is -3.09. The van der Waals surface area contributed by atoms with Crippen LogP contribution < -0.4 is 14.3 Å². The first-order valence-electron chi connectivity index (χ1n) is 9.34. The van der Waals surface area contributed by atoms with Crippen LogP contribution in [0.5, 0.6) is 11.5 Å². The summed E-state index contributed by atoms with van der Waals surface area (Å²) in [7, 11) is -0.432. The lowest BCUT2D eigenvalue weighted by Gasteiger charge is -2.08.